The van der Waals surface area contributed by atoms with Crippen LogP contribution >= 0.6 is 0 Å². The summed E-state index contributed by atoms with van der Waals surface area (Å²) in [5, 5.41) is 4.69. The van der Waals surface area contributed by atoms with Crippen molar-refractivity contribution >= 4 is 5.91 Å². The molecule has 1 aromatic carbocycles. The zero-order valence-electron chi connectivity index (χ0n) is 14.7. The van der Waals surface area contributed by atoms with Gasteiger partial charge >= 0.3 is 0 Å². The molecule has 2 aliphatic carbocycles. The number of carbonyl (C=O) groups is 1. The van der Waals surface area contributed by atoms with E-state index in [1.165, 1.54) is 23.4 Å². The molecule has 132 valence electrons. The first-order valence-corrected chi connectivity index (χ1v) is 9.23. The molecule has 1 fully saturated rings. The number of carbonyl (C=O) groups excluding carboxylic acids is 1. The van der Waals surface area contributed by atoms with Gasteiger partial charge in [0.05, 0.1) is 12.2 Å². The fraction of sp³-hybridized carbons (Fsp3) is 0.500. The Morgan fingerprint density at radius 3 is 2.84 bits per heavy atom. The molecule has 25 heavy (non-hydrogen) atoms. The van der Waals surface area contributed by atoms with E-state index < -0.39 is 0 Å². The summed E-state index contributed by atoms with van der Waals surface area (Å²) in [5.74, 6) is -0.445. The Kier molecular flexibility index (Phi) is 4.32. The maximum atomic E-state index is 13.6. The van der Waals surface area contributed by atoms with Crippen LogP contribution in [-0.4, -0.2) is 26.6 Å². The van der Waals surface area contributed by atoms with Gasteiger partial charge in [-0.05, 0) is 55.9 Å². The second-order valence-corrected chi connectivity index (χ2v) is 7.23. The molecule has 0 spiro atoms. The number of aryl methyl sites for hydroxylation is 1. The van der Waals surface area contributed by atoms with Crippen LogP contribution in [0.2, 0.25) is 0 Å². The molecule has 1 amide bonds. The molecule has 4 rings (SSSR count). The summed E-state index contributed by atoms with van der Waals surface area (Å²) in [6, 6.07) is 6.26. The average molecular weight is 341 g/mol. The smallest absolute Gasteiger partial charge is 0.254 e. The van der Waals surface area contributed by atoms with Crippen LogP contribution in [0, 0.1) is 5.82 Å². The van der Waals surface area contributed by atoms with E-state index in [0.29, 0.717) is 12.1 Å². The molecule has 1 aromatic heterocycles. The zero-order valence-corrected chi connectivity index (χ0v) is 14.7. The van der Waals surface area contributed by atoms with E-state index in [1.54, 1.807) is 12.1 Å². The van der Waals surface area contributed by atoms with Gasteiger partial charge < -0.3 is 4.90 Å². The van der Waals surface area contributed by atoms with E-state index >= 15 is 0 Å². The lowest BCUT2D eigenvalue weighted by Gasteiger charge is -2.29. The van der Waals surface area contributed by atoms with E-state index in [-0.39, 0.29) is 17.8 Å². The second-order valence-electron chi connectivity index (χ2n) is 7.23. The highest BCUT2D eigenvalue weighted by Crippen LogP contribution is 2.30. The first-order valence-electron chi connectivity index (χ1n) is 9.23. The molecule has 1 heterocycles. The number of hydrogen-bond donors (Lipinski definition) is 0. The van der Waals surface area contributed by atoms with Crippen LogP contribution in [-0.2, 0) is 26.4 Å². The molecule has 0 N–H and O–H groups in total. The minimum Gasteiger partial charge on any atom is -0.330 e. The fourth-order valence-corrected chi connectivity index (χ4v) is 4.36. The largest absolute Gasteiger partial charge is 0.330 e. The molecule has 0 atom stereocenters. The number of rotatable bonds is 4. The van der Waals surface area contributed by atoms with Crippen molar-refractivity contribution in [1.82, 2.24) is 14.7 Å². The van der Waals surface area contributed by atoms with Crippen LogP contribution < -0.4 is 0 Å². The van der Waals surface area contributed by atoms with Crippen molar-refractivity contribution < 1.29 is 9.18 Å². The van der Waals surface area contributed by atoms with Crippen molar-refractivity contribution in [3.63, 3.8) is 0 Å². The minimum absolute atomic E-state index is 0.0798. The Balaban J connectivity index is 1.65. The number of fused-ring (bicyclic) bond motifs is 1. The van der Waals surface area contributed by atoms with Gasteiger partial charge in [-0.1, -0.05) is 18.9 Å². The number of benzene rings is 1. The van der Waals surface area contributed by atoms with E-state index in [0.717, 1.165) is 50.6 Å². The molecule has 0 aliphatic heterocycles. The Labute approximate surface area is 147 Å². The minimum atomic E-state index is -0.365. The van der Waals surface area contributed by atoms with Crippen LogP contribution in [0.1, 0.15) is 59.4 Å². The highest BCUT2D eigenvalue weighted by Gasteiger charge is 2.30. The molecule has 1 saturated carbocycles. The number of amides is 1. The van der Waals surface area contributed by atoms with Gasteiger partial charge in [0.25, 0.3) is 5.91 Å². The van der Waals surface area contributed by atoms with Crippen LogP contribution in [0.4, 0.5) is 4.39 Å². The number of aromatic nitrogens is 2. The van der Waals surface area contributed by atoms with Crippen molar-refractivity contribution in [3.05, 3.63) is 52.6 Å². The van der Waals surface area contributed by atoms with Crippen LogP contribution in [0.25, 0.3) is 0 Å². The van der Waals surface area contributed by atoms with E-state index in [2.05, 4.69) is 5.10 Å². The van der Waals surface area contributed by atoms with Crippen molar-refractivity contribution in [2.75, 3.05) is 0 Å². The van der Waals surface area contributed by atoms with Gasteiger partial charge in [0.2, 0.25) is 0 Å². The summed E-state index contributed by atoms with van der Waals surface area (Å²) in [4.78, 5) is 15.1. The second kappa shape index (κ2) is 6.62. The van der Waals surface area contributed by atoms with E-state index in [1.807, 2.05) is 16.6 Å². The third kappa shape index (κ3) is 3.08. The molecular weight excluding hydrogens is 317 g/mol. The SMILES string of the molecule is Cn1nc(CN(C(=O)c2cccc(F)c2)C2CCCC2)c2c1CCC2. The summed E-state index contributed by atoms with van der Waals surface area (Å²) in [6.45, 7) is 0.531. The number of halogens is 1. The predicted octanol–water partition coefficient (Wildman–Crippen LogP) is 3.63. The third-order valence-corrected chi connectivity index (χ3v) is 5.62. The van der Waals surface area contributed by atoms with Gasteiger partial charge in [0.15, 0.2) is 0 Å². The Morgan fingerprint density at radius 1 is 1.28 bits per heavy atom. The lowest BCUT2D eigenvalue weighted by Crippen LogP contribution is -2.38. The molecule has 4 nitrogen and oxygen atoms in total. The van der Waals surface area contributed by atoms with Gasteiger partial charge in [-0.15, -0.1) is 0 Å². The van der Waals surface area contributed by atoms with Crippen molar-refractivity contribution in [3.8, 4) is 0 Å². The Hall–Kier alpha value is -2.17. The highest BCUT2D eigenvalue weighted by molar-refractivity contribution is 5.94. The third-order valence-electron chi connectivity index (χ3n) is 5.62. The quantitative estimate of drug-likeness (QED) is 0.852. The summed E-state index contributed by atoms with van der Waals surface area (Å²) in [6.07, 6.45) is 7.63. The van der Waals surface area contributed by atoms with Gasteiger partial charge in [0.1, 0.15) is 5.82 Å². The van der Waals surface area contributed by atoms with Crippen LogP contribution in [0.5, 0.6) is 0 Å². The normalized spacial score (nSPS) is 17.0. The summed E-state index contributed by atoms with van der Waals surface area (Å²) >= 11 is 0. The maximum absolute atomic E-state index is 13.6. The summed E-state index contributed by atoms with van der Waals surface area (Å²) < 4.78 is 15.6. The fourth-order valence-electron chi connectivity index (χ4n) is 4.36. The molecule has 0 saturated heterocycles. The number of hydrogen-bond acceptors (Lipinski definition) is 2. The predicted molar refractivity (Wildman–Crippen MR) is 93.8 cm³/mol. The first-order chi connectivity index (χ1) is 12.1. The Bertz CT molecular complexity index is 792. The van der Waals surface area contributed by atoms with E-state index in [9.17, 15) is 9.18 Å². The van der Waals surface area contributed by atoms with Gasteiger partial charge in [-0.3, -0.25) is 9.48 Å². The van der Waals surface area contributed by atoms with Crippen molar-refractivity contribution in [2.45, 2.75) is 57.5 Å². The average Bonchev–Trinajstić information content (AvgIpc) is 3.33. The van der Waals surface area contributed by atoms with Crippen LogP contribution in [0.3, 0.4) is 0 Å². The molecule has 0 radical (unpaired) electrons. The summed E-state index contributed by atoms with van der Waals surface area (Å²) in [7, 11) is 1.99. The molecule has 5 heteroatoms. The topological polar surface area (TPSA) is 38.1 Å². The molecule has 2 aliphatic rings. The van der Waals surface area contributed by atoms with E-state index in [4.69, 9.17) is 0 Å². The van der Waals surface area contributed by atoms with Gasteiger partial charge in [-0.25, -0.2) is 4.39 Å². The van der Waals surface area contributed by atoms with Crippen molar-refractivity contribution in [1.29, 1.82) is 0 Å². The lowest BCUT2D eigenvalue weighted by atomic mass is 10.1. The maximum Gasteiger partial charge on any atom is 0.254 e. The van der Waals surface area contributed by atoms with Crippen molar-refractivity contribution in [2.24, 2.45) is 7.05 Å². The highest BCUT2D eigenvalue weighted by atomic mass is 19.1. The Morgan fingerprint density at radius 2 is 2.08 bits per heavy atom. The standard InChI is InChI=1S/C20H24FN3O/c1-23-19-11-5-10-17(19)18(22-23)13-24(16-8-2-3-9-16)20(25)14-6-4-7-15(21)12-14/h4,6-7,12,16H,2-3,5,8-11,13H2,1H3. The molecule has 2 aromatic rings. The first kappa shape index (κ1) is 16.3. The summed E-state index contributed by atoms with van der Waals surface area (Å²) in [5.41, 5.74) is 4.07. The molecule has 0 unspecified atom stereocenters. The van der Waals surface area contributed by atoms with Crippen LogP contribution in [0.15, 0.2) is 24.3 Å². The lowest BCUT2D eigenvalue weighted by molar-refractivity contribution is 0.0660. The molecular formula is C20H24FN3O. The van der Waals surface area contributed by atoms with Gasteiger partial charge in [-0.2, -0.15) is 5.10 Å². The molecule has 0 bridgehead atoms. The number of nitrogens with zero attached hydrogens (tertiary/aromatic N) is 3. The zero-order chi connectivity index (χ0) is 17.4. The monoisotopic (exact) mass is 341 g/mol. The van der Waals surface area contributed by atoms with Gasteiger partial charge in [0, 0.05) is 24.3 Å².